The Kier molecular flexibility index (Phi) is 3.08. The number of nitrogens with zero attached hydrogens (tertiary/aromatic N) is 1. The Bertz CT molecular complexity index is 439. The second-order valence-electron chi connectivity index (χ2n) is 4.29. The summed E-state index contributed by atoms with van der Waals surface area (Å²) in [6.45, 7) is 2.73. The van der Waals surface area contributed by atoms with Gasteiger partial charge >= 0.3 is 0 Å². The molecule has 0 unspecified atom stereocenters. The third-order valence-corrected chi connectivity index (χ3v) is 3.21. The summed E-state index contributed by atoms with van der Waals surface area (Å²) in [5, 5.41) is 0. The molecule has 1 aliphatic heterocycles. The van der Waals surface area contributed by atoms with Gasteiger partial charge in [0.2, 0.25) is 12.0 Å². The number of aromatic amines is 1. The zero-order valence-corrected chi connectivity index (χ0v) is 9.40. The van der Waals surface area contributed by atoms with Crippen molar-refractivity contribution in [3.8, 4) is 0 Å². The maximum Gasteiger partial charge on any atom is 0.248 e. The van der Waals surface area contributed by atoms with Crippen molar-refractivity contribution in [2.75, 3.05) is 6.54 Å². The van der Waals surface area contributed by atoms with E-state index in [9.17, 15) is 9.59 Å². The van der Waals surface area contributed by atoms with Gasteiger partial charge in [0.1, 0.15) is 0 Å². The molecule has 1 amide bonds. The molecule has 2 heterocycles. The summed E-state index contributed by atoms with van der Waals surface area (Å²) < 4.78 is 0. The van der Waals surface area contributed by atoms with Crippen LogP contribution in [0.15, 0.2) is 17.1 Å². The lowest BCUT2D eigenvalue weighted by atomic mass is 9.94. The number of aromatic nitrogens is 1. The van der Waals surface area contributed by atoms with Gasteiger partial charge in [0.05, 0.1) is 6.04 Å². The number of carbonyl (C=O) groups is 1. The minimum atomic E-state index is -0.0882. The second-order valence-corrected chi connectivity index (χ2v) is 4.29. The van der Waals surface area contributed by atoms with E-state index in [0.717, 1.165) is 43.3 Å². The van der Waals surface area contributed by atoms with Crippen molar-refractivity contribution in [2.45, 2.75) is 32.2 Å². The van der Waals surface area contributed by atoms with Gasteiger partial charge in [0.25, 0.3) is 0 Å². The highest BCUT2D eigenvalue weighted by molar-refractivity contribution is 5.49. The molecule has 16 heavy (non-hydrogen) atoms. The highest BCUT2D eigenvalue weighted by Crippen LogP contribution is 2.30. The molecule has 0 radical (unpaired) electrons. The van der Waals surface area contributed by atoms with Crippen LogP contribution in [-0.4, -0.2) is 22.8 Å². The number of pyridine rings is 1. The van der Waals surface area contributed by atoms with Crippen LogP contribution in [0.3, 0.4) is 0 Å². The highest BCUT2D eigenvalue weighted by Gasteiger charge is 2.23. The third kappa shape index (κ3) is 2.01. The predicted octanol–water partition coefficient (Wildman–Crippen LogP) is 1.37. The van der Waals surface area contributed by atoms with Crippen LogP contribution < -0.4 is 5.56 Å². The molecule has 1 saturated heterocycles. The zero-order valence-electron chi connectivity index (χ0n) is 9.40. The summed E-state index contributed by atoms with van der Waals surface area (Å²) >= 11 is 0. The summed E-state index contributed by atoms with van der Waals surface area (Å²) in [5.41, 5.74) is 1.93. The smallest absolute Gasteiger partial charge is 0.248 e. The number of nitrogens with one attached hydrogen (secondary N) is 1. The van der Waals surface area contributed by atoms with Gasteiger partial charge in [-0.05, 0) is 37.3 Å². The van der Waals surface area contributed by atoms with Gasteiger partial charge in [-0.3, -0.25) is 9.59 Å². The number of piperidine rings is 1. The molecule has 1 atom stereocenters. The van der Waals surface area contributed by atoms with Crippen molar-refractivity contribution in [3.63, 3.8) is 0 Å². The summed E-state index contributed by atoms with van der Waals surface area (Å²) in [5.74, 6) is 0. The highest BCUT2D eigenvalue weighted by atomic mass is 16.1. The molecule has 0 spiro atoms. The maximum atomic E-state index is 11.1. The molecule has 2 rings (SSSR count). The van der Waals surface area contributed by atoms with Crippen LogP contribution in [0.1, 0.15) is 36.4 Å². The number of likely N-dealkylation sites (tertiary alicyclic amines) is 1. The largest absolute Gasteiger partial charge is 0.338 e. The number of amides is 1. The van der Waals surface area contributed by atoms with E-state index < -0.39 is 0 Å². The van der Waals surface area contributed by atoms with Crippen LogP contribution in [0.25, 0.3) is 0 Å². The maximum absolute atomic E-state index is 11.1. The van der Waals surface area contributed by atoms with Crippen molar-refractivity contribution >= 4 is 6.41 Å². The zero-order chi connectivity index (χ0) is 11.5. The van der Waals surface area contributed by atoms with Gasteiger partial charge in [-0.15, -0.1) is 0 Å². The van der Waals surface area contributed by atoms with E-state index in [1.54, 1.807) is 12.3 Å². The van der Waals surface area contributed by atoms with Crippen LogP contribution >= 0.6 is 0 Å². The number of H-pyrrole nitrogens is 1. The van der Waals surface area contributed by atoms with Gasteiger partial charge in [0, 0.05) is 18.8 Å². The van der Waals surface area contributed by atoms with Crippen LogP contribution in [0.2, 0.25) is 0 Å². The Balaban J connectivity index is 2.34. The van der Waals surface area contributed by atoms with Crippen LogP contribution in [0, 0.1) is 6.92 Å². The lowest BCUT2D eigenvalue weighted by Gasteiger charge is -2.33. The summed E-state index contributed by atoms with van der Waals surface area (Å²) in [6, 6.07) is 1.72. The summed E-state index contributed by atoms with van der Waals surface area (Å²) in [7, 11) is 0. The van der Waals surface area contributed by atoms with E-state index >= 15 is 0 Å². The molecule has 4 heteroatoms. The van der Waals surface area contributed by atoms with Gasteiger partial charge in [-0.2, -0.15) is 0 Å². The number of hydrogen-bond donors (Lipinski definition) is 1. The Morgan fingerprint density at radius 2 is 2.31 bits per heavy atom. The monoisotopic (exact) mass is 220 g/mol. The molecule has 1 aliphatic rings. The van der Waals surface area contributed by atoms with Crippen LogP contribution in [0.4, 0.5) is 0 Å². The molecule has 1 aromatic rings. The first-order valence-corrected chi connectivity index (χ1v) is 5.62. The number of rotatable bonds is 2. The van der Waals surface area contributed by atoms with Crippen LogP contribution in [-0.2, 0) is 4.79 Å². The van der Waals surface area contributed by atoms with Gasteiger partial charge in [-0.1, -0.05) is 0 Å². The fourth-order valence-corrected chi connectivity index (χ4v) is 2.36. The van der Waals surface area contributed by atoms with Crippen molar-refractivity contribution < 1.29 is 4.79 Å². The second kappa shape index (κ2) is 4.51. The molecule has 1 aromatic heterocycles. The van der Waals surface area contributed by atoms with E-state index in [1.165, 1.54) is 0 Å². The summed E-state index contributed by atoms with van der Waals surface area (Å²) in [6.07, 6.45) is 5.83. The van der Waals surface area contributed by atoms with Gasteiger partial charge < -0.3 is 9.88 Å². The number of carbonyl (C=O) groups excluding carboxylic acids is 1. The molecule has 1 N–H and O–H groups in total. The number of hydrogen-bond acceptors (Lipinski definition) is 2. The van der Waals surface area contributed by atoms with E-state index in [-0.39, 0.29) is 11.6 Å². The lowest BCUT2D eigenvalue weighted by molar-refractivity contribution is -0.121. The normalized spacial score (nSPS) is 20.8. The average Bonchev–Trinajstić information content (AvgIpc) is 2.29. The first-order valence-electron chi connectivity index (χ1n) is 5.62. The molecule has 0 bridgehead atoms. The molecule has 0 aromatic carbocycles. The van der Waals surface area contributed by atoms with Crippen molar-refractivity contribution in [1.82, 2.24) is 9.88 Å². The molecule has 4 nitrogen and oxygen atoms in total. The quantitative estimate of drug-likeness (QED) is 0.765. The van der Waals surface area contributed by atoms with Gasteiger partial charge in [0.15, 0.2) is 0 Å². The molecular formula is C12H16N2O2. The first kappa shape index (κ1) is 10.9. The standard InChI is InChI=1S/C12H16N2O2/c1-9-6-12(16)13-7-10(9)11-4-2-3-5-14(11)8-15/h6-8,11H,2-5H2,1H3,(H,13,16)/t11-/m0/s1. The Morgan fingerprint density at radius 3 is 3.00 bits per heavy atom. The summed E-state index contributed by atoms with van der Waals surface area (Å²) in [4.78, 5) is 26.6. The van der Waals surface area contributed by atoms with Crippen LogP contribution in [0.5, 0.6) is 0 Å². The average molecular weight is 220 g/mol. The molecule has 0 saturated carbocycles. The van der Waals surface area contributed by atoms with E-state index in [0.29, 0.717) is 0 Å². The Hall–Kier alpha value is -1.58. The fraction of sp³-hybridized carbons (Fsp3) is 0.500. The lowest BCUT2D eigenvalue weighted by Crippen LogP contribution is -2.33. The number of aryl methyl sites for hydroxylation is 1. The van der Waals surface area contributed by atoms with Crippen molar-refractivity contribution in [3.05, 3.63) is 33.7 Å². The minimum Gasteiger partial charge on any atom is -0.338 e. The predicted molar refractivity (Wildman–Crippen MR) is 61.2 cm³/mol. The fourth-order valence-electron chi connectivity index (χ4n) is 2.36. The molecule has 86 valence electrons. The van der Waals surface area contributed by atoms with Gasteiger partial charge in [-0.25, -0.2) is 0 Å². The first-order chi connectivity index (χ1) is 7.72. The van der Waals surface area contributed by atoms with E-state index in [4.69, 9.17) is 0 Å². The SMILES string of the molecule is Cc1cc(=O)[nH]cc1[C@@H]1CCCCN1C=O. The minimum absolute atomic E-state index is 0.0882. The topological polar surface area (TPSA) is 53.2 Å². The van der Waals surface area contributed by atoms with Crippen molar-refractivity contribution in [2.24, 2.45) is 0 Å². The van der Waals surface area contributed by atoms with E-state index in [2.05, 4.69) is 4.98 Å². The third-order valence-electron chi connectivity index (χ3n) is 3.21. The molecule has 1 fully saturated rings. The molecular weight excluding hydrogens is 204 g/mol. The Labute approximate surface area is 94.3 Å². The van der Waals surface area contributed by atoms with E-state index in [1.807, 2.05) is 11.8 Å². The Morgan fingerprint density at radius 1 is 1.50 bits per heavy atom. The molecule has 0 aliphatic carbocycles. The van der Waals surface area contributed by atoms with Crippen molar-refractivity contribution in [1.29, 1.82) is 0 Å².